The highest BCUT2D eigenvalue weighted by Crippen LogP contribution is 2.20. The number of benzene rings is 1. The van der Waals surface area contributed by atoms with Crippen molar-refractivity contribution in [1.29, 1.82) is 0 Å². The first-order valence-electron chi connectivity index (χ1n) is 6.80. The molecule has 104 valence electrons. The third-order valence-electron chi connectivity index (χ3n) is 3.77. The van der Waals surface area contributed by atoms with Gasteiger partial charge in [-0.1, -0.05) is 12.1 Å². The predicted octanol–water partition coefficient (Wildman–Crippen LogP) is 1.98. The first-order valence-corrected chi connectivity index (χ1v) is 6.80. The van der Waals surface area contributed by atoms with Crippen molar-refractivity contribution in [1.82, 2.24) is 4.90 Å². The summed E-state index contributed by atoms with van der Waals surface area (Å²) in [7, 11) is 2.02. The number of carboxylic acid groups (broad SMARTS) is 1. The molecule has 1 aliphatic heterocycles. The SMILES string of the molecule is Cc1cccc(N2CCCN(C)C(CC(=O)O)C2)c1. The van der Waals surface area contributed by atoms with Gasteiger partial charge in [0.25, 0.3) is 0 Å². The fourth-order valence-electron chi connectivity index (χ4n) is 2.66. The van der Waals surface area contributed by atoms with Crippen LogP contribution in [-0.4, -0.2) is 48.7 Å². The summed E-state index contributed by atoms with van der Waals surface area (Å²) in [6, 6.07) is 8.51. The molecule has 0 aliphatic carbocycles. The monoisotopic (exact) mass is 262 g/mol. The van der Waals surface area contributed by atoms with Gasteiger partial charge in [0.2, 0.25) is 0 Å². The molecular formula is C15H22N2O2. The molecule has 0 aromatic heterocycles. The summed E-state index contributed by atoms with van der Waals surface area (Å²) < 4.78 is 0. The van der Waals surface area contributed by atoms with Crippen LogP contribution in [0.5, 0.6) is 0 Å². The van der Waals surface area contributed by atoms with Crippen LogP contribution in [0.15, 0.2) is 24.3 Å². The van der Waals surface area contributed by atoms with Crippen LogP contribution in [0.2, 0.25) is 0 Å². The Morgan fingerprint density at radius 3 is 2.89 bits per heavy atom. The Morgan fingerprint density at radius 2 is 2.21 bits per heavy atom. The van der Waals surface area contributed by atoms with Crippen LogP contribution in [0.4, 0.5) is 5.69 Å². The van der Waals surface area contributed by atoms with E-state index in [0.717, 1.165) is 26.1 Å². The average molecular weight is 262 g/mol. The molecule has 0 saturated carbocycles. The largest absolute Gasteiger partial charge is 0.481 e. The van der Waals surface area contributed by atoms with Gasteiger partial charge < -0.3 is 14.9 Å². The number of carbonyl (C=O) groups is 1. The minimum atomic E-state index is -0.719. The maximum atomic E-state index is 11.0. The van der Waals surface area contributed by atoms with Crippen LogP contribution < -0.4 is 4.90 Å². The van der Waals surface area contributed by atoms with Crippen LogP contribution in [0.1, 0.15) is 18.4 Å². The van der Waals surface area contributed by atoms with Gasteiger partial charge in [-0.05, 0) is 44.6 Å². The normalized spacial score (nSPS) is 21.2. The zero-order chi connectivity index (χ0) is 13.8. The molecule has 1 N–H and O–H groups in total. The molecule has 4 nitrogen and oxygen atoms in total. The average Bonchev–Trinajstić information content (AvgIpc) is 2.52. The Balaban J connectivity index is 2.14. The lowest BCUT2D eigenvalue weighted by Gasteiger charge is -2.29. The summed E-state index contributed by atoms with van der Waals surface area (Å²) in [5.41, 5.74) is 2.44. The van der Waals surface area contributed by atoms with E-state index >= 15 is 0 Å². The highest BCUT2D eigenvalue weighted by Gasteiger charge is 2.24. The maximum Gasteiger partial charge on any atom is 0.305 e. The molecule has 0 bridgehead atoms. The smallest absolute Gasteiger partial charge is 0.305 e. The molecule has 1 unspecified atom stereocenters. The zero-order valence-corrected chi connectivity index (χ0v) is 11.7. The van der Waals surface area contributed by atoms with Gasteiger partial charge in [0.05, 0.1) is 6.42 Å². The van der Waals surface area contributed by atoms with Gasteiger partial charge in [-0.3, -0.25) is 4.79 Å². The van der Waals surface area contributed by atoms with Gasteiger partial charge in [-0.2, -0.15) is 0 Å². The van der Waals surface area contributed by atoms with E-state index in [1.807, 2.05) is 7.05 Å². The van der Waals surface area contributed by atoms with E-state index in [2.05, 4.69) is 41.0 Å². The van der Waals surface area contributed by atoms with Crippen molar-refractivity contribution in [2.45, 2.75) is 25.8 Å². The van der Waals surface area contributed by atoms with E-state index in [0.29, 0.717) is 0 Å². The number of rotatable bonds is 3. The van der Waals surface area contributed by atoms with Crippen molar-refractivity contribution in [2.75, 3.05) is 31.6 Å². The molecule has 1 saturated heterocycles. The molecule has 19 heavy (non-hydrogen) atoms. The lowest BCUT2D eigenvalue weighted by molar-refractivity contribution is -0.138. The first kappa shape index (κ1) is 13.9. The van der Waals surface area contributed by atoms with Crippen LogP contribution in [0.3, 0.4) is 0 Å². The van der Waals surface area contributed by atoms with Gasteiger partial charge in [0.15, 0.2) is 0 Å². The summed E-state index contributed by atoms with van der Waals surface area (Å²) in [6.07, 6.45) is 1.28. The van der Waals surface area contributed by atoms with Gasteiger partial charge in [0.1, 0.15) is 0 Å². The van der Waals surface area contributed by atoms with Gasteiger partial charge in [0, 0.05) is 24.8 Å². The number of hydrogen-bond donors (Lipinski definition) is 1. The van der Waals surface area contributed by atoms with Crippen molar-refractivity contribution in [3.8, 4) is 0 Å². The van der Waals surface area contributed by atoms with Crippen LogP contribution in [0, 0.1) is 6.92 Å². The maximum absolute atomic E-state index is 11.0. The topological polar surface area (TPSA) is 43.8 Å². The minimum absolute atomic E-state index is 0.0838. The molecular weight excluding hydrogens is 240 g/mol. The number of aryl methyl sites for hydroxylation is 1. The quantitative estimate of drug-likeness (QED) is 0.904. The molecule has 1 aromatic rings. The highest BCUT2D eigenvalue weighted by atomic mass is 16.4. The van der Waals surface area contributed by atoms with E-state index in [4.69, 9.17) is 5.11 Å². The molecule has 1 aliphatic rings. The summed E-state index contributed by atoms with van der Waals surface area (Å²) in [5, 5.41) is 9.03. The second-order valence-corrected chi connectivity index (χ2v) is 5.37. The van der Waals surface area contributed by atoms with E-state index in [1.165, 1.54) is 11.3 Å². The first-order chi connectivity index (χ1) is 9.06. The molecule has 1 fully saturated rings. The highest BCUT2D eigenvalue weighted by molar-refractivity contribution is 5.67. The second-order valence-electron chi connectivity index (χ2n) is 5.37. The molecule has 1 atom stereocenters. The number of nitrogens with zero attached hydrogens (tertiary/aromatic N) is 2. The number of carboxylic acids is 1. The Bertz CT molecular complexity index is 448. The van der Waals surface area contributed by atoms with Crippen molar-refractivity contribution in [3.05, 3.63) is 29.8 Å². The summed E-state index contributed by atoms with van der Waals surface area (Å²) >= 11 is 0. The number of hydrogen-bond acceptors (Lipinski definition) is 3. The Labute approximate surface area is 114 Å². The van der Waals surface area contributed by atoms with E-state index in [9.17, 15) is 4.79 Å². The number of aliphatic carboxylic acids is 1. The van der Waals surface area contributed by atoms with Gasteiger partial charge in [-0.15, -0.1) is 0 Å². The summed E-state index contributed by atoms with van der Waals surface area (Å²) in [4.78, 5) is 15.5. The van der Waals surface area contributed by atoms with Crippen LogP contribution in [0.25, 0.3) is 0 Å². The van der Waals surface area contributed by atoms with Gasteiger partial charge in [-0.25, -0.2) is 0 Å². The Morgan fingerprint density at radius 1 is 1.42 bits per heavy atom. The zero-order valence-electron chi connectivity index (χ0n) is 11.7. The molecule has 0 spiro atoms. The molecule has 2 rings (SSSR count). The lowest BCUT2D eigenvalue weighted by atomic mass is 10.1. The second kappa shape index (κ2) is 6.06. The fraction of sp³-hybridized carbons (Fsp3) is 0.533. The molecule has 1 heterocycles. The third-order valence-corrected chi connectivity index (χ3v) is 3.77. The van der Waals surface area contributed by atoms with Crippen LogP contribution in [-0.2, 0) is 4.79 Å². The molecule has 0 radical (unpaired) electrons. The van der Waals surface area contributed by atoms with E-state index in [-0.39, 0.29) is 12.5 Å². The third kappa shape index (κ3) is 3.70. The van der Waals surface area contributed by atoms with Crippen molar-refractivity contribution in [3.63, 3.8) is 0 Å². The lowest BCUT2D eigenvalue weighted by Crippen LogP contribution is -2.40. The minimum Gasteiger partial charge on any atom is -0.481 e. The standard InChI is InChI=1S/C15H22N2O2/c1-12-5-3-6-13(9-12)17-8-4-7-16(2)14(11-17)10-15(18)19/h3,5-6,9,14H,4,7-8,10-11H2,1-2H3,(H,18,19). The molecule has 4 heteroatoms. The van der Waals surface area contributed by atoms with Gasteiger partial charge >= 0.3 is 5.97 Å². The van der Waals surface area contributed by atoms with Crippen molar-refractivity contribution >= 4 is 11.7 Å². The summed E-state index contributed by atoms with van der Waals surface area (Å²) in [6.45, 7) is 4.82. The van der Waals surface area contributed by atoms with E-state index < -0.39 is 5.97 Å². The van der Waals surface area contributed by atoms with Crippen molar-refractivity contribution < 1.29 is 9.90 Å². The predicted molar refractivity (Wildman–Crippen MR) is 76.7 cm³/mol. The molecule has 0 amide bonds. The molecule has 1 aromatic carbocycles. The number of likely N-dealkylation sites (N-methyl/N-ethyl adjacent to an activating group) is 1. The van der Waals surface area contributed by atoms with Crippen molar-refractivity contribution in [2.24, 2.45) is 0 Å². The van der Waals surface area contributed by atoms with E-state index in [1.54, 1.807) is 0 Å². The Hall–Kier alpha value is -1.55. The number of anilines is 1. The fourth-order valence-corrected chi connectivity index (χ4v) is 2.66. The summed E-state index contributed by atoms with van der Waals surface area (Å²) in [5.74, 6) is -0.719. The Kier molecular flexibility index (Phi) is 4.43. The van der Waals surface area contributed by atoms with Crippen LogP contribution >= 0.6 is 0 Å².